The van der Waals surface area contributed by atoms with Crippen LogP contribution >= 0.6 is 0 Å². The van der Waals surface area contributed by atoms with Crippen molar-refractivity contribution in [3.05, 3.63) is 118 Å². The SMILES string of the molecule is COc1ccc(C(OC[C@H]2O[C@@H](n3cc(C)c(NC(C)=O)nc3=O)[C@H](OCO[Si](C(C)C)(C(C)C)C(C)C)[C@@H]2O)(c2ccccc2)c2ccc(OC)cc2)cc1. The lowest BCUT2D eigenvalue weighted by atomic mass is 9.80. The number of benzene rings is 3. The first-order valence-electron chi connectivity index (χ1n) is 19.1. The summed E-state index contributed by atoms with van der Waals surface area (Å²) in [4.78, 5) is 29.6. The van der Waals surface area contributed by atoms with Crippen molar-refractivity contribution in [2.24, 2.45) is 0 Å². The van der Waals surface area contributed by atoms with E-state index in [4.69, 9.17) is 28.1 Å². The van der Waals surface area contributed by atoms with Crippen LogP contribution in [0.5, 0.6) is 11.5 Å². The number of anilines is 1. The van der Waals surface area contributed by atoms with Gasteiger partial charge >= 0.3 is 5.69 Å². The lowest BCUT2D eigenvalue weighted by Gasteiger charge is -2.42. The van der Waals surface area contributed by atoms with Gasteiger partial charge in [-0.15, -0.1) is 0 Å². The highest BCUT2D eigenvalue weighted by Gasteiger charge is 2.50. The molecule has 1 aromatic heterocycles. The molecule has 56 heavy (non-hydrogen) atoms. The summed E-state index contributed by atoms with van der Waals surface area (Å²) in [7, 11) is 0.871. The van der Waals surface area contributed by atoms with Gasteiger partial charge in [0.05, 0.1) is 20.8 Å². The van der Waals surface area contributed by atoms with Gasteiger partial charge in [-0.2, -0.15) is 4.98 Å². The Hall–Kier alpha value is -4.37. The molecule has 0 aliphatic carbocycles. The van der Waals surface area contributed by atoms with Crippen LogP contribution in [0.2, 0.25) is 16.6 Å². The predicted molar refractivity (Wildman–Crippen MR) is 218 cm³/mol. The van der Waals surface area contributed by atoms with Crippen molar-refractivity contribution in [2.45, 2.75) is 102 Å². The second-order valence-electron chi connectivity index (χ2n) is 15.2. The molecule has 0 radical (unpaired) electrons. The second kappa shape index (κ2) is 18.3. The number of aromatic nitrogens is 2. The van der Waals surface area contributed by atoms with Gasteiger partial charge in [-0.1, -0.05) is 96.1 Å². The maximum atomic E-state index is 13.6. The number of hydrogen-bond acceptors (Lipinski definition) is 10. The first kappa shape index (κ1) is 42.8. The Morgan fingerprint density at radius 2 is 1.39 bits per heavy atom. The number of rotatable bonds is 17. The number of methoxy groups -OCH3 is 2. The molecule has 4 atom stereocenters. The van der Waals surface area contributed by atoms with Crippen molar-refractivity contribution < 1.29 is 38.0 Å². The van der Waals surface area contributed by atoms with E-state index in [0.29, 0.717) is 33.7 Å². The summed E-state index contributed by atoms with van der Waals surface area (Å²) in [5, 5.41) is 14.7. The number of nitrogens with one attached hydrogen (secondary N) is 1. The second-order valence-corrected chi connectivity index (χ2v) is 20.7. The summed E-state index contributed by atoms with van der Waals surface area (Å²) in [5.41, 5.74) is 2.00. The lowest BCUT2D eigenvalue weighted by molar-refractivity contribution is -0.117. The maximum Gasteiger partial charge on any atom is 0.351 e. The van der Waals surface area contributed by atoms with Crippen molar-refractivity contribution in [2.75, 3.05) is 32.9 Å². The van der Waals surface area contributed by atoms with Crippen LogP contribution in [0, 0.1) is 6.92 Å². The van der Waals surface area contributed by atoms with E-state index in [0.717, 1.165) is 16.7 Å². The average Bonchev–Trinajstić information content (AvgIpc) is 3.49. The molecule has 1 fully saturated rings. The molecule has 0 spiro atoms. The highest BCUT2D eigenvalue weighted by Crippen LogP contribution is 2.44. The molecule has 5 rings (SSSR count). The van der Waals surface area contributed by atoms with Gasteiger partial charge in [0.1, 0.15) is 48.0 Å². The van der Waals surface area contributed by atoms with Gasteiger partial charge in [-0.3, -0.25) is 9.36 Å². The molecule has 1 amide bonds. The predicted octanol–water partition coefficient (Wildman–Crippen LogP) is 7.33. The van der Waals surface area contributed by atoms with Crippen LogP contribution < -0.4 is 20.5 Å². The normalized spacial score (nSPS) is 18.8. The van der Waals surface area contributed by atoms with E-state index in [9.17, 15) is 14.7 Å². The summed E-state index contributed by atoms with van der Waals surface area (Å²) in [6.45, 7) is 16.0. The van der Waals surface area contributed by atoms with Crippen LogP contribution in [-0.4, -0.2) is 74.8 Å². The molecular formula is C43H57N3O9Si. The molecule has 0 unspecified atom stereocenters. The zero-order valence-corrected chi connectivity index (χ0v) is 35.1. The smallest absolute Gasteiger partial charge is 0.351 e. The zero-order valence-electron chi connectivity index (χ0n) is 34.1. The molecule has 2 heterocycles. The fourth-order valence-corrected chi connectivity index (χ4v) is 13.6. The summed E-state index contributed by atoms with van der Waals surface area (Å²) in [6.07, 6.45) is -2.81. The van der Waals surface area contributed by atoms with Crippen molar-refractivity contribution in [3.63, 3.8) is 0 Å². The van der Waals surface area contributed by atoms with Gasteiger partial charge in [0.25, 0.3) is 0 Å². The van der Waals surface area contributed by atoms with E-state index in [2.05, 4.69) is 51.8 Å². The number of carbonyl (C=O) groups is 1. The monoisotopic (exact) mass is 787 g/mol. The van der Waals surface area contributed by atoms with E-state index in [1.54, 1.807) is 27.3 Å². The fourth-order valence-electron chi connectivity index (χ4n) is 8.30. The number of ether oxygens (including phenoxy) is 5. The highest BCUT2D eigenvalue weighted by atomic mass is 28.4. The molecule has 1 aliphatic heterocycles. The maximum absolute atomic E-state index is 13.6. The van der Waals surface area contributed by atoms with Crippen LogP contribution in [0.4, 0.5) is 5.82 Å². The fraction of sp³-hybridized carbons (Fsp3) is 0.465. The third-order valence-corrected chi connectivity index (χ3v) is 17.0. The largest absolute Gasteiger partial charge is 0.497 e. The number of amides is 1. The van der Waals surface area contributed by atoms with Gasteiger partial charge in [0, 0.05) is 18.7 Å². The van der Waals surface area contributed by atoms with Gasteiger partial charge < -0.3 is 38.5 Å². The summed E-state index contributed by atoms with van der Waals surface area (Å²) in [6, 6.07) is 25.1. The Kier molecular flexibility index (Phi) is 13.9. The molecule has 1 aliphatic rings. The van der Waals surface area contributed by atoms with Gasteiger partial charge in [-0.05, 0) is 64.5 Å². The minimum absolute atomic E-state index is 0.104. The number of aliphatic hydroxyl groups is 1. The molecule has 12 nitrogen and oxygen atoms in total. The molecular weight excluding hydrogens is 731 g/mol. The van der Waals surface area contributed by atoms with E-state index in [1.807, 2.05) is 78.9 Å². The topological polar surface area (TPSA) is 140 Å². The van der Waals surface area contributed by atoms with Gasteiger partial charge in [-0.25, -0.2) is 4.79 Å². The van der Waals surface area contributed by atoms with E-state index in [-0.39, 0.29) is 25.1 Å². The highest BCUT2D eigenvalue weighted by molar-refractivity contribution is 6.77. The van der Waals surface area contributed by atoms with Crippen LogP contribution in [0.3, 0.4) is 0 Å². The Bertz CT molecular complexity index is 1880. The quantitative estimate of drug-likeness (QED) is 0.0636. The van der Waals surface area contributed by atoms with Crippen molar-refractivity contribution in [1.82, 2.24) is 9.55 Å². The summed E-state index contributed by atoms with van der Waals surface area (Å²) < 4.78 is 39.1. The Morgan fingerprint density at radius 1 is 0.875 bits per heavy atom. The van der Waals surface area contributed by atoms with Crippen molar-refractivity contribution >= 4 is 20.0 Å². The standard InChI is InChI=1S/C43H57N3O9Si/c1-27(2)56(28(3)4,29(5)6)54-26-52-39-38(48)37(55-41(39)46-24-30(7)40(44-31(8)47)45-42(46)49)25-53-43(32-14-12-11-13-15-32,33-16-20-35(50-9)21-17-33)34-18-22-36(51-10)23-19-34/h11-24,27-29,37-39,41,48H,25-26H2,1-10H3,(H,44,45,47,49)/t37-,38-,39-,41-/m1/s1. The molecule has 0 bridgehead atoms. The molecule has 3 aromatic carbocycles. The third kappa shape index (κ3) is 8.63. The number of aliphatic hydroxyl groups excluding tert-OH is 1. The minimum Gasteiger partial charge on any atom is -0.497 e. The average molecular weight is 788 g/mol. The number of hydrogen-bond donors (Lipinski definition) is 2. The number of carbonyl (C=O) groups excluding carboxylic acids is 1. The zero-order chi connectivity index (χ0) is 40.8. The molecule has 4 aromatic rings. The number of aryl methyl sites for hydroxylation is 1. The summed E-state index contributed by atoms with van der Waals surface area (Å²) >= 11 is 0. The minimum atomic E-state index is -2.36. The van der Waals surface area contributed by atoms with E-state index < -0.39 is 44.1 Å². The first-order chi connectivity index (χ1) is 26.7. The molecule has 302 valence electrons. The van der Waals surface area contributed by atoms with Crippen LogP contribution in [0.25, 0.3) is 0 Å². The molecule has 0 saturated carbocycles. The van der Waals surface area contributed by atoms with Crippen LogP contribution in [-0.2, 0) is 29.0 Å². The lowest BCUT2D eigenvalue weighted by Crippen LogP contribution is -2.49. The molecule has 1 saturated heterocycles. The van der Waals surface area contributed by atoms with Gasteiger partial charge in [0.15, 0.2) is 6.23 Å². The van der Waals surface area contributed by atoms with Crippen LogP contribution in [0.15, 0.2) is 89.9 Å². The van der Waals surface area contributed by atoms with E-state index >= 15 is 0 Å². The van der Waals surface area contributed by atoms with Crippen molar-refractivity contribution in [3.8, 4) is 11.5 Å². The summed E-state index contributed by atoms with van der Waals surface area (Å²) in [5.74, 6) is 1.16. The third-order valence-electron chi connectivity index (χ3n) is 10.9. The Morgan fingerprint density at radius 3 is 1.88 bits per heavy atom. The molecule has 2 N–H and O–H groups in total. The van der Waals surface area contributed by atoms with Gasteiger partial charge in [0.2, 0.25) is 14.2 Å². The molecule has 13 heteroatoms. The van der Waals surface area contributed by atoms with Crippen LogP contribution in [0.1, 0.15) is 76.9 Å². The van der Waals surface area contributed by atoms with E-state index in [1.165, 1.54) is 11.5 Å². The Balaban J connectivity index is 1.56. The Labute approximate surface area is 331 Å². The first-order valence-corrected chi connectivity index (χ1v) is 21.3. The van der Waals surface area contributed by atoms with Crippen molar-refractivity contribution in [1.29, 1.82) is 0 Å². The number of nitrogens with zero attached hydrogens (tertiary/aromatic N) is 2.